The SMILES string of the molecule is OCCN(Cc1cnc(Cl)cc1Cl)C1CC1. The van der Waals surface area contributed by atoms with Crippen molar-refractivity contribution in [1.29, 1.82) is 0 Å². The van der Waals surface area contributed by atoms with E-state index >= 15 is 0 Å². The lowest BCUT2D eigenvalue weighted by Gasteiger charge is -2.21. The van der Waals surface area contributed by atoms with Crippen molar-refractivity contribution in [1.82, 2.24) is 9.88 Å². The number of pyridine rings is 1. The van der Waals surface area contributed by atoms with Gasteiger partial charge >= 0.3 is 0 Å². The highest BCUT2D eigenvalue weighted by Gasteiger charge is 2.28. The molecule has 1 fully saturated rings. The molecule has 0 radical (unpaired) electrons. The number of rotatable bonds is 5. The molecule has 0 saturated heterocycles. The zero-order valence-corrected chi connectivity index (χ0v) is 10.4. The first-order valence-corrected chi connectivity index (χ1v) is 6.11. The van der Waals surface area contributed by atoms with Crippen LogP contribution in [0.1, 0.15) is 18.4 Å². The van der Waals surface area contributed by atoms with E-state index in [2.05, 4.69) is 9.88 Å². The standard InChI is InChI=1S/C11H14Cl2N2O/c12-10-5-11(13)14-6-8(10)7-15(3-4-16)9-1-2-9/h5-6,9,16H,1-4,7H2. The Bertz CT molecular complexity index is 369. The maximum Gasteiger partial charge on any atom is 0.130 e. The van der Waals surface area contributed by atoms with Crippen LogP contribution in [0, 0.1) is 0 Å². The molecule has 1 aromatic rings. The maximum absolute atomic E-state index is 8.99. The Kier molecular flexibility index (Phi) is 4.03. The minimum absolute atomic E-state index is 0.176. The molecule has 16 heavy (non-hydrogen) atoms. The lowest BCUT2D eigenvalue weighted by molar-refractivity contribution is 0.183. The molecule has 1 N–H and O–H groups in total. The van der Waals surface area contributed by atoms with E-state index in [1.165, 1.54) is 12.8 Å². The van der Waals surface area contributed by atoms with Gasteiger partial charge in [-0.1, -0.05) is 23.2 Å². The van der Waals surface area contributed by atoms with Gasteiger partial charge in [-0.2, -0.15) is 0 Å². The van der Waals surface area contributed by atoms with Gasteiger partial charge in [0, 0.05) is 35.9 Å². The van der Waals surface area contributed by atoms with Crippen molar-refractivity contribution in [2.75, 3.05) is 13.2 Å². The average Bonchev–Trinajstić information content (AvgIpc) is 3.04. The monoisotopic (exact) mass is 260 g/mol. The predicted molar refractivity (Wildman–Crippen MR) is 64.8 cm³/mol. The average molecular weight is 261 g/mol. The summed E-state index contributed by atoms with van der Waals surface area (Å²) in [6.45, 7) is 1.59. The third kappa shape index (κ3) is 3.08. The van der Waals surface area contributed by atoms with Crippen molar-refractivity contribution in [3.8, 4) is 0 Å². The van der Waals surface area contributed by atoms with Gasteiger partial charge in [-0.05, 0) is 18.9 Å². The molecule has 1 aliphatic rings. The lowest BCUT2D eigenvalue weighted by Crippen LogP contribution is -2.28. The molecular weight excluding hydrogens is 247 g/mol. The van der Waals surface area contributed by atoms with Gasteiger partial charge in [0.25, 0.3) is 0 Å². The Balaban J connectivity index is 2.05. The second-order valence-corrected chi connectivity index (χ2v) is 4.82. The molecule has 0 unspecified atom stereocenters. The highest BCUT2D eigenvalue weighted by Crippen LogP contribution is 2.29. The van der Waals surface area contributed by atoms with Crippen LogP contribution >= 0.6 is 23.2 Å². The van der Waals surface area contributed by atoms with Crippen molar-refractivity contribution in [2.24, 2.45) is 0 Å². The largest absolute Gasteiger partial charge is 0.395 e. The first-order chi connectivity index (χ1) is 7.70. The molecule has 1 saturated carbocycles. The molecule has 0 amide bonds. The molecule has 5 heteroatoms. The van der Waals surface area contributed by atoms with E-state index in [1.807, 2.05) is 0 Å². The summed E-state index contributed by atoms with van der Waals surface area (Å²) in [7, 11) is 0. The van der Waals surface area contributed by atoms with Gasteiger partial charge in [0.1, 0.15) is 5.15 Å². The van der Waals surface area contributed by atoms with Gasteiger partial charge in [0.15, 0.2) is 0 Å². The Hall–Kier alpha value is -0.350. The van der Waals surface area contributed by atoms with Crippen LogP contribution in [0.2, 0.25) is 10.2 Å². The molecule has 0 aromatic carbocycles. The van der Waals surface area contributed by atoms with Gasteiger partial charge < -0.3 is 5.11 Å². The van der Waals surface area contributed by atoms with E-state index < -0.39 is 0 Å². The van der Waals surface area contributed by atoms with E-state index in [0.29, 0.717) is 22.8 Å². The van der Waals surface area contributed by atoms with Crippen LogP contribution in [0.4, 0.5) is 0 Å². The quantitative estimate of drug-likeness (QED) is 0.826. The Morgan fingerprint density at radius 2 is 2.19 bits per heavy atom. The number of aromatic nitrogens is 1. The number of hydrogen-bond acceptors (Lipinski definition) is 3. The number of nitrogens with zero attached hydrogens (tertiary/aromatic N) is 2. The van der Waals surface area contributed by atoms with Crippen molar-refractivity contribution in [2.45, 2.75) is 25.4 Å². The summed E-state index contributed by atoms with van der Waals surface area (Å²) in [5, 5.41) is 10.0. The highest BCUT2D eigenvalue weighted by atomic mass is 35.5. The fraction of sp³-hybridized carbons (Fsp3) is 0.545. The smallest absolute Gasteiger partial charge is 0.130 e. The zero-order valence-electron chi connectivity index (χ0n) is 8.87. The first-order valence-electron chi connectivity index (χ1n) is 5.35. The summed E-state index contributed by atoms with van der Waals surface area (Å²) in [4.78, 5) is 6.26. The van der Waals surface area contributed by atoms with E-state index in [4.69, 9.17) is 28.3 Å². The van der Waals surface area contributed by atoms with E-state index in [-0.39, 0.29) is 6.61 Å². The molecule has 1 heterocycles. The summed E-state index contributed by atoms with van der Waals surface area (Å²) in [6.07, 6.45) is 4.12. The van der Waals surface area contributed by atoms with Crippen LogP contribution in [0.25, 0.3) is 0 Å². The second-order valence-electron chi connectivity index (χ2n) is 4.02. The third-order valence-electron chi connectivity index (χ3n) is 2.72. The topological polar surface area (TPSA) is 36.4 Å². The summed E-state index contributed by atoms with van der Waals surface area (Å²) < 4.78 is 0. The van der Waals surface area contributed by atoms with Crippen LogP contribution in [-0.2, 0) is 6.54 Å². The molecule has 0 bridgehead atoms. The second kappa shape index (κ2) is 5.32. The zero-order chi connectivity index (χ0) is 11.5. The number of hydrogen-bond donors (Lipinski definition) is 1. The lowest BCUT2D eigenvalue weighted by atomic mass is 10.2. The number of aliphatic hydroxyl groups excluding tert-OH is 1. The molecule has 0 spiro atoms. The van der Waals surface area contributed by atoms with Crippen LogP contribution in [0.3, 0.4) is 0 Å². The summed E-state index contributed by atoms with van der Waals surface area (Å²) in [6, 6.07) is 2.25. The molecule has 1 aliphatic carbocycles. The molecule has 0 atom stereocenters. The van der Waals surface area contributed by atoms with Crippen LogP contribution in [0.5, 0.6) is 0 Å². The summed E-state index contributed by atoms with van der Waals surface area (Å²) in [5.41, 5.74) is 0.964. The van der Waals surface area contributed by atoms with Crippen LogP contribution in [0.15, 0.2) is 12.3 Å². The van der Waals surface area contributed by atoms with Crippen LogP contribution in [-0.4, -0.2) is 34.2 Å². The Morgan fingerprint density at radius 3 is 2.75 bits per heavy atom. The normalized spacial score (nSPS) is 15.8. The highest BCUT2D eigenvalue weighted by molar-refractivity contribution is 6.34. The molecule has 88 valence electrons. The van der Waals surface area contributed by atoms with Gasteiger partial charge in [0.05, 0.1) is 6.61 Å². The minimum Gasteiger partial charge on any atom is -0.395 e. The van der Waals surface area contributed by atoms with Gasteiger partial charge in [-0.15, -0.1) is 0 Å². The Morgan fingerprint density at radius 1 is 1.44 bits per heavy atom. The third-order valence-corrected chi connectivity index (χ3v) is 3.28. The fourth-order valence-electron chi connectivity index (χ4n) is 1.73. The summed E-state index contributed by atoms with van der Waals surface area (Å²) in [5.74, 6) is 0. The predicted octanol–water partition coefficient (Wildman–Crippen LogP) is 2.35. The molecular formula is C11H14Cl2N2O. The van der Waals surface area contributed by atoms with Gasteiger partial charge in [-0.25, -0.2) is 4.98 Å². The van der Waals surface area contributed by atoms with E-state index in [1.54, 1.807) is 12.3 Å². The van der Waals surface area contributed by atoms with Crippen molar-refractivity contribution < 1.29 is 5.11 Å². The Labute approximate surface area is 105 Å². The van der Waals surface area contributed by atoms with Gasteiger partial charge in [-0.3, -0.25) is 4.90 Å². The fourth-order valence-corrected chi connectivity index (χ4v) is 2.16. The molecule has 1 aromatic heterocycles. The first kappa shape index (κ1) is 12.1. The van der Waals surface area contributed by atoms with E-state index in [9.17, 15) is 0 Å². The number of halogens is 2. The summed E-state index contributed by atoms with van der Waals surface area (Å²) >= 11 is 11.8. The van der Waals surface area contributed by atoms with Crippen molar-refractivity contribution in [3.05, 3.63) is 28.0 Å². The number of aliphatic hydroxyl groups is 1. The van der Waals surface area contributed by atoms with Crippen molar-refractivity contribution >= 4 is 23.2 Å². The molecule has 3 nitrogen and oxygen atoms in total. The molecule has 0 aliphatic heterocycles. The van der Waals surface area contributed by atoms with E-state index in [0.717, 1.165) is 12.1 Å². The maximum atomic E-state index is 8.99. The van der Waals surface area contributed by atoms with Crippen LogP contribution < -0.4 is 0 Å². The minimum atomic E-state index is 0.176. The van der Waals surface area contributed by atoms with Crippen molar-refractivity contribution in [3.63, 3.8) is 0 Å². The van der Waals surface area contributed by atoms with Gasteiger partial charge in [0.2, 0.25) is 0 Å². The molecule has 2 rings (SSSR count).